The zero-order valence-corrected chi connectivity index (χ0v) is 9.14. The van der Waals surface area contributed by atoms with E-state index in [4.69, 9.17) is 5.26 Å². The molecule has 0 unspecified atom stereocenters. The number of halogens is 2. The Morgan fingerprint density at radius 2 is 1.94 bits per heavy atom. The van der Waals surface area contributed by atoms with Gasteiger partial charge in [0.05, 0.1) is 11.6 Å². The topological polar surface area (TPSA) is 35.8 Å². The van der Waals surface area contributed by atoms with Gasteiger partial charge in [-0.2, -0.15) is 5.26 Å². The molecule has 1 N–H and O–H groups in total. The van der Waals surface area contributed by atoms with E-state index < -0.39 is 11.6 Å². The maximum absolute atomic E-state index is 13.3. The number of hydrogen-bond donors (Lipinski definition) is 1. The third-order valence-corrected chi connectivity index (χ3v) is 1.96. The molecule has 0 aliphatic heterocycles. The summed E-state index contributed by atoms with van der Waals surface area (Å²) in [4.78, 5) is 0. The molecular weight excluding hydrogens is 210 g/mol. The van der Waals surface area contributed by atoms with Crippen molar-refractivity contribution in [2.45, 2.75) is 13.8 Å². The van der Waals surface area contributed by atoms with Crippen molar-refractivity contribution in [2.75, 3.05) is 11.9 Å². The largest absolute Gasteiger partial charge is 0.377 e. The number of nitriles is 1. The lowest BCUT2D eigenvalue weighted by atomic mass is 10.2. The Morgan fingerprint density at radius 3 is 2.38 bits per heavy atom. The van der Waals surface area contributed by atoms with Crippen LogP contribution >= 0.6 is 0 Å². The minimum Gasteiger partial charge on any atom is -0.377 e. The third-order valence-electron chi connectivity index (χ3n) is 1.96. The first kappa shape index (κ1) is 12.2. The number of rotatable bonds is 3. The van der Waals surface area contributed by atoms with Crippen molar-refractivity contribution in [1.29, 1.82) is 5.26 Å². The minimum absolute atomic E-state index is 0.0252. The molecule has 0 aliphatic rings. The molecule has 0 fully saturated rings. The van der Waals surface area contributed by atoms with E-state index in [0.717, 1.165) is 17.7 Å². The van der Waals surface area contributed by atoms with Crippen LogP contribution in [0.25, 0.3) is 0 Å². The molecule has 0 atom stereocenters. The quantitative estimate of drug-likeness (QED) is 0.797. The number of nitrogens with zero attached hydrogens (tertiary/aromatic N) is 1. The smallest absolute Gasteiger partial charge is 0.150 e. The van der Waals surface area contributed by atoms with Crippen molar-refractivity contribution in [3.63, 3.8) is 0 Å². The number of allylic oxidation sites excluding steroid dienone is 1. The van der Waals surface area contributed by atoms with Gasteiger partial charge in [-0.15, -0.1) is 0 Å². The summed E-state index contributed by atoms with van der Waals surface area (Å²) in [5.41, 5.74) is 0.834. The lowest BCUT2D eigenvalue weighted by Gasteiger charge is -2.07. The number of hydrogen-bond acceptors (Lipinski definition) is 2. The van der Waals surface area contributed by atoms with E-state index in [1.54, 1.807) is 6.07 Å². The summed E-state index contributed by atoms with van der Waals surface area (Å²) in [5.74, 6) is -1.50. The van der Waals surface area contributed by atoms with Crippen LogP contribution in [0, 0.1) is 23.0 Å². The zero-order chi connectivity index (χ0) is 12.1. The van der Waals surface area contributed by atoms with Crippen molar-refractivity contribution in [2.24, 2.45) is 0 Å². The molecule has 1 rings (SSSR count). The lowest BCUT2D eigenvalue weighted by molar-refractivity contribution is 0.588. The SMILES string of the molecule is CC(C)=CCNc1c(F)cc(C#N)cc1F. The molecule has 0 radical (unpaired) electrons. The van der Waals surface area contributed by atoms with E-state index in [1.165, 1.54) is 0 Å². The minimum atomic E-state index is -0.751. The molecule has 0 saturated heterocycles. The van der Waals surface area contributed by atoms with Crippen LogP contribution in [0.5, 0.6) is 0 Å². The standard InChI is InChI=1S/C12H12F2N2/c1-8(2)3-4-16-12-10(13)5-9(7-15)6-11(12)14/h3,5-6,16H,4H2,1-2H3. The van der Waals surface area contributed by atoms with Crippen LogP contribution in [0.15, 0.2) is 23.8 Å². The zero-order valence-electron chi connectivity index (χ0n) is 9.14. The molecule has 0 spiro atoms. The molecule has 1 aromatic carbocycles. The van der Waals surface area contributed by atoms with Gasteiger partial charge >= 0.3 is 0 Å². The molecule has 2 nitrogen and oxygen atoms in total. The summed E-state index contributed by atoms with van der Waals surface area (Å²) in [6.45, 7) is 4.14. The Balaban J connectivity index is 2.89. The molecule has 16 heavy (non-hydrogen) atoms. The average molecular weight is 222 g/mol. The van der Waals surface area contributed by atoms with Gasteiger partial charge in [0.25, 0.3) is 0 Å². The van der Waals surface area contributed by atoms with Crippen molar-refractivity contribution in [1.82, 2.24) is 0 Å². The highest BCUT2D eigenvalue weighted by Gasteiger charge is 2.09. The molecule has 0 amide bonds. The van der Waals surface area contributed by atoms with Gasteiger partial charge < -0.3 is 5.32 Å². The molecule has 4 heteroatoms. The van der Waals surface area contributed by atoms with Crippen LogP contribution in [0.3, 0.4) is 0 Å². The second-order valence-corrected chi connectivity index (χ2v) is 3.59. The number of anilines is 1. The summed E-state index contributed by atoms with van der Waals surface area (Å²) in [5, 5.41) is 11.1. The fourth-order valence-corrected chi connectivity index (χ4v) is 1.16. The van der Waals surface area contributed by atoms with Crippen LogP contribution in [-0.4, -0.2) is 6.54 Å². The molecule has 0 heterocycles. The molecule has 84 valence electrons. The maximum atomic E-state index is 13.3. The predicted octanol–water partition coefficient (Wildman–Crippen LogP) is 3.21. The summed E-state index contributed by atoms with van der Waals surface area (Å²) >= 11 is 0. The van der Waals surface area contributed by atoms with E-state index in [9.17, 15) is 8.78 Å². The van der Waals surface area contributed by atoms with E-state index in [-0.39, 0.29) is 11.3 Å². The van der Waals surface area contributed by atoms with Crippen molar-refractivity contribution in [3.05, 3.63) is 41.0 Å². The monoisotopic (exact) mass is 222 g/mol. The van der Waals surface area contributed by atoms with Crippen molar-refractivity contribution in [3.8, 4) is 6.07 Å². The summed E-state index contributed by atoms with van der Waals surface area (Å²) < 4.78 is 26.7. The summed E-state index contributed by atoms with van der Waals surface area (Å²) in [6, 6.07) is 3.71. The normalized spacial score (nSPS) is 9.44. The summed E-state index contributed by atoms with van der Waals surface area (Å²) in [7, 11) is 0. The first-order valence-electron chi connectivity index (χ1n) is 4.81. The Labute approximate surface area is 93.2 Å². The van der Waals surface area contributed by atoms with Gasteiger partial charge in [0.15, 0.2) is 11.6 Å². The van der Waals surface area contributed by atoms with Crippen LogP contribution in [0.4, 0.5) is 14.5 Å². The van der Waals surface area contributed by atoms with E-state index >= 15 is 0 Å². The van der Waals surface area contributed by atoms with Crippen LogP contribution < -0.4 is 5.32 Å². The van der Waals surface area contributed by atoms with E-state index in [2.05, 4.69) is 5.32 Å². The molecule has 0 aliphatic carbocycles. The Kier molecular flexibility index (Phi) is 4.01. The molecule has 0 saturated carbocycles. The second kappa shape index (κ2) is 5.26. The highest BCUT2D eigenvalue weighted by molar-refractivity contribution is 5.50. The van der Waals surface area contributed by atoms with Crippen molar-refractivity contribution < 1.29 is 8.78 Å². The third kappa shape index (κ3) is 3.06. The van der Waals surface area contributed by atoms with Crippen LogP contribution in [0.2, 0.25) is 0 Å². The van der Waals surface area contributed by atoms with Gasteiger partial charge in [0.1, 0.15) is 5.69 Å². The number of benzene rings is 1. The van der Waals surface area contributed by atoms with E-state index in [1.807, 2.05) is 19.9 Å². The Morgan fingerprint density at radius 1 is 1.38 bits per heavy atom. The highest BCUT2D eigenvalue weighted by Crippen LogP contribution is 2.20. The molecular formula is C12H12F2N2. The number of nitrogens with one attached hydrogen (secondary N) is 1. The predicted molar refractivity (Wildman–Crippen MR) is 59.0 cm³/mol. The van der Waals surface area contributed by atoms with Gasteiger partial charge in [-0.3, -0.25) is 0 Å². The van der Waals surface area contributed by atoms with Crippen molar-refractivity contribution >= 4 is 5.69 Å². The Bertz CT molecular complexity index is 432. The molecule has 0 aromatic heterocycles. The first-order chi connectivity index (χ1) is 7.54. The van der Waals surface area contributed by atoms with Gasteiger partial charge in [-0.1, -0.05) is 11.6 Å². The van der Waals surface area contributed by atoms with Gasteiger partial charge in [-0.25, -0.2) is 8.78 Å². The van der Waals surface area contributed by atoms with Crippen LogP contribution in [0.1, 0.15) is 19.4 Å². The van der Waals surface area contributed by atoms with Gasteiger partial charge in [-0.05, 0) is 26.0 Å². The second-order valence-electron chi connectivity index (χ2n) is 3.59. The summed E-state index contributed by atoms with van der Waals surface area (Å²) in [6.07, 6.45) is 1.82. The van der Waals surface area contributed by atoms with Gasteiger partial charge in [0.2, 0.25) is 0 Å². The van der Waals surface area contributed by atoms with E-state index in [0.29, 0.717) is 6.54 Å². The van der Waals surface area contributed by atoms with Gasteiger partial charge in [0, 0.05) is 6.54 Å². The van der Waals surface area contributed by atoms with Crippen LogP contribution in [-0.2, 0) is 0 Å². The fraction of sp³-hybridized carbons (Fsp3) is 0.250. The average Bonchev–Trinajstić information content (AvgIpc) is 2.21. The lowest BCUT2D eigenvalue weighted by Crippen LogP contribution is -2.04. The maximum Gasteiger partial charge on any atom is 0.150 e. The highest BCUT2D eigenvalue weighted by atomic mass is 19.1. The first-order valence-corrected chi connectivity index (χ1v) is 4.81. The fourth-order valence-electron chi connectivity index (χ4n) is 1.16. The molecule has 1 aromatic rings. The Hall–Kier alpha value is -1.89. The molecule has 0 bridgehead atoms.